The number of carbonyl (C=O) groups is 1. The molecule has 0 aliphatic heterocycles. The molecule has 2 atom stereocenters. The van der Waals surface area contributed by atoms with Crippen molar-refractivity contribution in [2.75, 3.05) is 0 Å². The Morgan fingerprint density at radius 2 is 2.00 bits per heavy atom. The number of ketones is 1. The Morgan fingerprint density at radius 3 is 2.53 bits per heavy atom. The maximum atomic E-state index is 11.3. The summed E-state index contributed by atoms with van der Waals surface area (Å²) in [4.78, 5) is 11.2. The Morgan fingerprint density at radius 1 is 1.40 bits per heavy atom. The van der Waals surface area contributed by atoms with Gasteiger partial charge in [-0.3, -0.25) is 4.79 Å². The summed E-state index contributed by atoms with van der Waals surface area (Å²) in [5.41, 5.74) is 2.41. The Labute approximate surface area is 108 Å². The van der Waals surface area contributed by atoms with Crippen molar-refractivity contribution >= 4 is 37.6 Å². The van der Waals surface area contributed by atoms with E-state index in [9.17, 15) is 4.79 Å². The maximum Gasteiger partial charge on any atom is 0.144 e. The van der Waals surface area contributed by atoms with Crippen LogP contribution in [0.5, 0.6) is 0 Å². The zero-order chi connectivity index (χ0) is 11.6. The SMILES string of the molecule is CC(=O)C(Br)C(C)c1cccc(Br)c1C. The van der Waals surface area contributed by atoms with E-state index in [-0.39, 0.29) is 16.5 Å². The molecule has 0 aromatic heterocycles. The summed E-state index contributed by atoms with van der Waals surface area (Å²) in [5.74, 6) is 0.363. The quantitative estimate of drug-likeness (QED) is 0.757. The molecule has 0 spiro atoms. The first-order valence-corrected chi connectivity index (χ1v) is 6.55. The Kier molecular flexibility index (Phi) is 4.53. The van der Waals surface area contributed by atoms with Gasteiger partial charge in [0.2, 0.25) is 0 Å². The van der Waals surface area contributed by atoms with E-state index in [4.69, 9.17) is 0 Å². The van der Waals surface area contributed by atoms with Crippen LogP contribution in [0.4, 0.5) is 0 Å². The highest BCUT2D eigenvalue weighted by molar-refractivity contribution is 9.10. The summed E-state index contributed by atoms with van der Waals surface area (Å²) in [6, 6.07) is 6.09. The molecule has 0 aliphatic carbocycles. The van der Waals surface area contributed by atoms with E-state index < -0.39 is 0 Å². The molecule has 0 saturated heterocycles. The lowest BCUT2D eigenvalue weighted by Crippen LogP contribution is -2.18. The van der Waals surface area contributed by atoms with Gasteiger partial charge < -0.3 is 0 Å². The largest absolute Gasteiger partial charge is 0.299 e. The maximum absolute atomic E-state index is 11.3. The van der Waals surface area contributed by atoms with Crippen LogP contribution in [0.15, 0.2) is 22.7 Å². The van der Waals surface area contributed by atoms with E-state index in [2.05, 4.69) is 51.8 Å². The van der Waals surface area contributed by atoms with Gasteiger partial charge in [-0.05, 0) is 31.0 Å². The Balaban J connectivity index is 3.06. The van der Waals surface area contributed by atoms with E-state index in [1.54, 1.807) is 6.92 Å². The average molecular weight is 334 g/mol. The minimum absolute atomic E-state index is 0.106. The standard InChI is InChI=1S/C12H14Br2O/c1-7-10(5-4-6-11(7)13)8(2)12(14)9(3)15/h4-6,8,12H,1-3H3. The molecule has 0 bridgehead atoms. The highest BCUT2D eigenvalue weighted by Gasteiger charge is 2.21. The molecule has 1 aromatic rings. The summed E-state index contributed by atoms with van der Waals surface area (Å²) >= 11 is 6.94. The average Bonchev–Trinajstić information content (AvgIpc) is 2.20. The molecule has 0 amide bonds. The van der Waals surface area contributed by atoms with Crippen LogP contribution in [0.1, 0.15) is 30.9 Å². The molecule has 15 heavy (non-hydrogen) atoms. The van der Waals surface area contributed by atoms with Gasteiger partial charge in [-0.15, -0.1) is 0 Å². The van der Waals surface area contributed by atoms with Crippen LogP contribution in [-0.2, 0) is 4.79 Å². The van der Waals surface area contributed by atoms with Crippen LogP contribution in [0.3, 0.4) is 0 Å². The molecular weight excluding hydrogens is 320 g/mol. The van der Waals surface area contributed by atoms with Gasteiger partial charge in [0.1, 0.15) is 5.78 Å². The summed E-state index contributed by atoms with van der Waals surface area (Å²) in [7, 11) is 0. The molecule has 0 heterocycles. The van der Waals surface area contributed by atoms with E-state index >= 15 is 0 Å². The highest BCUT2D eigenvalue weighted by atomic mass is 79.9. The van der Waals surface area contributed by atoms with Crippen molar-refractivity contribution in [3.05, 3.63) is 33.8 Å². The normalized spacial score (nSPS) is 14.7. The number of alkyl halides is 1. The monoisotopic (exact) mass is 332 g/mol. The third kappa shape index (κ3) is 2.91. The second kappa shape index (κ2) is 5.26. The Bertz CT molecular complexity index is 374. The fourth-order valence-corrected chi connectivity index (χ4v) is 2.29. The smallest absolute Gasteiger partial charge is 0.144 e. The van der Waals surface area contributed by atoms with Crippen LogP contribution >= 0.6 is 31.9 Å². The fourth-order valence-electron chi connectivity index (χ4n) is 1.63. The number of Topliss-reactive ketones (excluding diaryl/α,β-unsaturated/α-hetero) is 1. The number of benzene rings is 1. The predicted octanol–water partition coefficient (Wildman–Crippen LogP) is 4.21. The van der Waals surface area contributed by atoms with Crippen molar-refractivity contribution in [1.82, 2.24) is 0 Å². The van der Waals surface area contributed by atoms with E-state index in [1.165, 1.54) is 11.1 Å². The molecule has 2 unspecified atom stereocenters. The molecule has 1 nitrogen and oxygen atoms in total. The van der Waals surface area contributed by atoms with Gasteiger partial charge in [0.05, 0.1) is 4.83 Å². The molecule has 0 aliphatic rings. The first kappa shape index (κ1) is 12.9. The first-order chi connectivity index (χ1) is 6.95. The topological polar surface area (TPSA) is 17.1 Å². The molecule has 1 rings (SSSR count). The molecule has 82 valence electrons. The number of carbonyl (C=O) groups excluding carboxylic acids is 1. The lowest BCUT2D eigenvalue weighted by Gasteiger charge is -2.19. The van der Waals surface area contributed by atoms with Crippen molar-refractivity contribution in [3.63, 3.8) is 0 Å². The third-order valence-corrected chi connectivity index (χ3v) is 4.92. The van der Waals surface area contributed by atoms with Crippen molar-refractivity contribution in [2.24, 2.45) is 0 Å². The van der Waals surface area contributed by atoms with Crippen LogP contribution in [0.25, 0.3) is 0 Å². The molecular formula is C12H14Br2O. The van der Waals surface area contributed by atoms with Gasteiger partial charge in [-0.2, -0.15) is 0 Å². The minimum atomic E-state index is -0.106. The molecule has 0 fully saturated rings. The van der Waals surface area contributed by atoms with Crippen molar-refractivity contribution < 1.29 is 4.79 Å². The summed E-state index contributed by atoms with van der Waals surface area (Å²) in [6.45, 7) is 5.74. The number of rotatable bonds is 3. The second-order valence-corrected chi connectivity index (χ2v) is 5.60. The molecule has 1 aromatic carbocycles. The third-order valence-electron chi connectivity index (χ3n) is 2.63. The lowest BCUT2D eigenvalue weighted by molar-refractivity contribution is -0.116. The number of hydrogen-bond donors (Lipinski definition) is 0. The molecule has 0 saturated carbocycles. The van der Waals surface area contributed by atoms with Gasteiger partial charge in [0, 0.05) is 10.4 Å². The van der Waals surface area contributed by atoms with Crippen molar-refractivity contribution in [2.45, 2.75) is 31.5 Å². The first-order valence-electron chi connectivity index (χ1n) is 4.84. The second-order valence-electron chi connectivity index (χ2n) is 3.76. The Hall–Kier alpha value is -0.150. The van der Waals surface area contributed by atoms with Gasteiger partial charge >= 0.3 is 0 Å². The molecule has 0 N–H and O–H groups in total. The van der Waals surface area contributed by atoms with Crippen LogP contribution in [0.2, 0.25) is 0 Å². The number of halogens is 2. The van der Waals surface area contributed by atoms with Gasteiger partial charge in [-0.25, -0.2) is 0 Å². The minimum Gasteiger partial charge on any atom is -0.299 e. The predicted molar refractivity (Wildman–Crippen MR) is 70.7 cm³/mol. The van der Waals surface area contributed by atoms with Gasteiger partial charge in [0.15, 0.2) is 0 Å². The van der Waals surface area contributed by atoms with Crippen molar-refractivity contribution in [1.29, 1.82) is 0 Å². The molecule has 3 heteroatoms. The van der Waals surface area contributed by atoms with Crippen molar-refractivity contribution in [3.8, 4) is 0 Å². The summed E-state index contributed by atoms with van der Waals surface area (Å²) < 4.78 is 1.09. The van der Waals surface area contributed by atoms with Crippen LogP contribution in [-0.4, -0.2) is 10.6 Å². The van der Waals surface area contributed by atoms with Gasteiger partial charge in [-0.1, -0.05) is 50.9 Å². The van der Waals surface area contributed by atoms with Gasteiger partial charge in [0.25, 0.3) is 0 Å². The van der Waals surface area contributed by atoms with E-state index in [0.717, 1.165) is 4.47 Å². The zero-order valence-corrected chi connectivity index (χ0v) is 12.2. The fraction of sp³-hybridized carbons (Fsp3) is 0.417. The number of hydrogen-bond acceptors (Lipinski definition) is 1. The van der Waals surface area contributed by atoms with Crippen LogP contribution in [0, 0.1) is 6.92 Å². The van der Waals surface area contributed by atoms with E-state index in [0.29, 0.717) is 0 Å². The van der Waals surface area contributed by atoms with E-state index in [1.807, 2.05) is 12.1 Å². The lowest BCUT2D eigenvalue weighted by atomic mass is 9.92. The summed E-state index contributed by atoms with van der Waals surface area (Å²) in [6.07, 6.45) is 0. The van der Waals surface area contributed by atoms with Crippen LogP contribution < -0.4 is 0 Å². The zero-order valence-electron chi connectivity index (χ0n) is 9.05. The highest BCUT2D eigenvalue weighted by Crippen LogP contribution is 2.30. The molecule has 0 radical (unpaired) electrons. The summed E-state index contributed by atoms with van der Waals surface area (Å²) in [5, 5.41) is 0.